The fourth-order valence-corrected chi connectivity index (χ4v) is 5.02. The summed E-state index contributed by atoms with van der Waals surface area (Å²) in [5.41, 5.74) is 1.31. The highest BCUT2D eigenvalue weighted by Crippen LogP contribution is 2.19. The Bertz CT molecular complexity index is 1320. The molecule has 0 saturated carbocycles. The molecule has 2 aromatic carbocycles. The van der Waals surface area contributed by atoms with Crippen molar-refractivity contribution >= 4 is 29.5 Å². The van der Waals surface area contributed by atoms with Crippen LogP contribution in [0.2, 0.25) is 0 Å². The van der Waals surface area contributed by atoms with E-state index in [0.717, 1.165) is 12.0 Å². The van der Waals surface area contributed by atoms with E-state index in [1.807, 2.05) is 58.0 Å². The molecule has 0 saturated heterocycles. The molecule has 5 amide bonds. The van der Waals surface area contributed by atoms with Gasteiger partial charge in [-0.25, -0.2) is 0 Å². The molecule has 1 aliphatic rings. The Morgan fingerprint density at radius 2 is 1.58 bits per heavy atom. The average Bonchev–Trinajstić information content (AvgIpc) is 2.99. The van der Waals surface area contributed by atoms with Crippen LogP contribution in [-0.4, -0.2) is 66.9 Å². The van der Waals surface area contributed by atoms with Crippen molar-refractivity contribution in [2.45, 2.75) is 84.5 Å². The van der Waals surface area contributed by atoms with Crippen LogP contribution in [0.3, 0.4) is 0 Å². The number of carbonyl (C=O) groups excluding carboxylic acids is 5. The summed E-state index contributed by atoms with van der Waals surface area (Å²) in [6.45, 7) is 9.63. The second-order valence-corrected chi connectivity index (χ2v) is 12.3. The average molecular weight is 622 g/mol. The van der Waals surface area contributed by atoms with Gasteiger partial charge in [0, 0.05) is 6.54 Å². The van der Waals surface area contributed by atoms with Gasteiger partial charge in [-0.3, -0.25) is 24.0 Å². The number of rotatable bonds is 8. The number of ether oxygens (including phenoxy) is 1. The van der Waals surface area contributed by atoms with Gasteiger partial charge in [0.15, 0.2) is 0 Å². The van der Waals surface area contributed by atoms with Gasteiger partial charge in [-0.05, 0) is 55.7 Å². The molecule has 11 heteroatoms. The smallest absolute Gasteiger partial charge is 0.255 e. The monoisotopic (exact) mass is 621 g/mol. The standard InChI is InChI=1S/C34H47N5O6/c1-21(2)18-26-33(43)39-30(22(3)4)34(44)36-23(5)20-45-28-16-10-9-15-25(28)31(41)38-27(19-29(40)37-26)32(42)35-17-11-14-24-12-7-6-8-13-24/h6-10,12-13,15-16,21-23,26-27,30H,11,14,17-20H2,1-5H3,(H,35,42)(H,36,44)(H,37,40)(H,38,41)(H,39,43)/t23-,26-,27-,30+/m0/s1. The topological polar surface area (TPSA) is 155 Å². The molecule has 3 rings (SSSR count). The highest BCUT2D eigenvalue weighted by molar-refractivity contribution is 6.01. The molecule has 5 N–H and O–H groups in total. The van der Waals surface area contributed by atoms with Crippen molar-refractivity contribution < 1.29 is 28.7 Å². The Hall–Kier alpha value is -4.41. The van der Waals surface area contributed by atoms with Gasteiger partial charge in [-0.15, -0.1) is 0 Å². The normalized spacial score (nSPS) is 21.8. The zero-order valence-electron chi connectivity index (χ0n) is 26.9. The van der Waals surface area contributed by atoms with Crippen LogP contribution in [0, 0.1) is 11.8 Å². The zero-order chi connectivity index (χ0) is 32.9. The van der Waals surface area contributed by atoms with Gasteiger partial charge >= 0.3 is 0 Å². The maximum Gasteiger partial charge on any atom is 0.255 e. The predicted molar refractivity (Wildman–Crippen MR) is 171 cm³/mol. The second-order valence-electron chi connectivity index (χ2n) is 12.3. The second kappa shape index (κ2) is 17.2. The van der Waals surface area contributed by atoms with Crippen LogP contribution in [0.25, 0.3) is 0 Å². The maximum atomic E-state index is 13.5. The summed E-state index contributed by atoms with van der Waals surface area (Å²) < 4.78 is 5.92. The van der Waals surface area contributed by atoms with Crippen molar-refractivity contribution in [3.8, 4) is 5.75 Å². The summed E-state index contributed by atoms with van der Waals surface area (Å²) in [5.74, 6) is -2.53. The molecule has 2 aromatic rings. The summed E-state index contributed by atoms with van der Waals surface area (Å²) in [5, 5.41) is 14.0. The lowest BCUT2D eigenvalue weighted by atomic mass is 9.99. The molecule has 0 unspecified atom stereocenters. The fourth-order valence-electron chi connectivity index (χ4n) is 5.02. The number of benzene rings is 2. The minimum absolute atomic E-state index is 0.0403. The van der Waals surface area contributed by atoms with Crippen LogP contribution in [0.5, 0.6) is 5.75 Å². The van der Waals surface area contributed by atoms with Crippen LogP contribution in [0.15, 0.2) is 54.6 Å². The molecular weight excluding hydrogens is 574 g/mol. The van der Waals surface area contributed by atoms with Crippen molar-refractivity contribution in [1.29, 1.82) is 0 Å². The lowest BCUT2D eigenvalue weighted by Gasteiger charge is -2.27. The van der Waals surface area contributed by atoms with Gasteiger partial charge in [-0.2, -0.15) is 0 Å². The number of amides is 5. The molecule has 244 valence electrons. The van der Waals surface area contributed by atoms with E-state index in [9.17, 15) is 24.0 Å². The van der Waals surface area contributed by atoms with Crippen LogP contribution in [-0.2, 0) is 25.6 Å². The van der Waals surface area contributed by atoms with E-state index in [2.05, 4.69) is 26.6 Å². The first-order valence-corrected chi connectivity index (χ1v) is 15.7. The third kappa shape index (κ3) is 11.2. The molecule has 0 fully saturated rings. The Morgan fingerprint density at radius 3 is 2.27 bits per heavy atom. The highest BCUT2D eigenvalue weighted by atomic mass is 16.5. The van der Waals surface area contributed by atoms with Gasteiger partial charge in [0.05, 0.1) is 18.0 Å². The molecule has 1 aliphatic heterocycles. The van der Waals surface area contributed by atoms with Crippen molar-refractivity contribution in [1.82, 2.24) is 26.6 Å². The SMILES string of the molecule is CC(C)C[C@@H]1NC(=O)C[C@@H](C(=O)NCCCc2ccccc2)NC(=O)c2ccccc2OC[C@H](C)NC(=O)[C@@H](C(C)C)NC1=O. The third-order valence-corrected chi connectivity index (χ3v) is 7.41. The first-order valence-electron chi connectivity index (χ1n) is 15.7. The molecule has 1 heterocycles. The molecule has 0 bridgehead atoms. The number of carbonyl (C=O) groups is 5. The van der Waals surface area contributed by atoms with Crippen LogP contribution in [0.4, 0.5) is 0 Å². The summed E-state index contributed by atoms with van der Waals surface area (Å²) in [7, 11) is 0. The Morgan fingerprint density at radius 1 is 0.889 bits per heavy atom. The van der Waals surface area contributed by atoms with Crippen molar-refractivity contribution in [3.63, 3.8) is 0 Å². The first-order chi connectivity index (χ1) is 21.4. The Kier molecular flexibility index (Phi) is 13.4. The van der Waals surface area contributed by atoms with Gasteiger partial charge in [0.1, 0.15) is 30.5 Å². The van der Waals surface area contributed by atoms with E-state index in [1.165, 1.54) is 0 Å². The predicted octanol–water partition coefficient (Wildman–Crippen LogP) is 2.49. The van der Waals surface area contributed by atoms with Crippen molar-refractivity contribution in [2.24, 2.45) is 11.8 Å². The molecular formula is C34H47N5O6. The molecule has 0 spiro atoms. The molecule has 11 nitrogen and oxygen atoms in total. The van der Waals surface area contributed by atoms with E-state index in [1.54, 1.807) is 31.2 Å². The largest absolute Gasteiger partial charge is 0.491 e. The van der Waals surface area contributed by atoms with E-state index < -0.39 is 54.2 Å². The molecule has 0 radical (unpaired) electrons. The number of hydrogen-bond donors (Lipinski definition) is 5. The molecule has 45 heavy (non-hydrogen) atoms. The summed E-state index contributed by atoms with van der Waals surface area (Å²) in [6, 6.07) is 13.0. The third-order valence-electron chi connectivity index (χ3n) is 7.41. The quantitative estimate of drug-likeness (QED) is 0.286. The fraction of sp³-hybridized carbons (Fsp3) is 0.500. The van der Waals surface area contributed by atoms with Crippen LogP contribution >= 0.6 is 0 Å². The number of hydrogen-bond acceptors (Lipinski definition) is 6. The van der Waals surface area contributed by atoms with Gasteiger partial charge in [0.25, 0.3) is 5.91 Å². The van der Waals surface area contributed by atoms with Crippen molar-refractivity contribution in [2.75, 3.05) is 13.2 Å². The number of nitrogens with one attached hydrogen (secondary N) is 5. The van der Waals surface area contributed by atoms with Gasteiger partial charge < -0.3 is 31.3 Å². The van der Waals surface area contributed by atoms with Crippen molar-refractivity contribution in [3.05, 3.63) is 65.7 Å². The minimum atomic E-state index is -1.22. The Labute approximate surface area is 265 Å². The lowest BCUT2D eigenvalue weighted by Crippen LogP contribution is -2.57. The lowest BCUT2D eigenvalue weighted by molar-refractivity contribution is -0.134. The van der Waals surface area contributed by atoms with E-state index in [4.69, 9.17) is 4.74 Å². The molecule has 0 aromatic heterocycles. The van der Waals surface area contributed by atoms with Gasteiger partial charge in [-0.1, -0.05) is 70.2 Å². The number of para-hydroxylation sites is 1. The van der Waals surface area contributed by atoms with Gasteiger partial charge in [0.2, 0.25) is 23.6 Å². The van der Waals surface area contributed by atoms with E-state index >= 15 is 0 Å². The van der Waals surface area contributed by atoms with E-state index in [0.29, 0.717) is 19.4 Å². The Balaban J connectivity index is 1.87. The maximum absolute atomic E-state index is 13.5. The molecule has 0 aliphatic carbocycles. The minimum Gasteiger partial charge on any atom is -0.491 e. The number of aryl methyl sites for hydroxylation is 1. The first kappa shape index (κ1) is 35.1. The summed E-state index contributed by atoms with van der Waals surface area (Å²) in [4.78, 5) is 66.8. The summed E-state index contributed by atoms with van der Waals surface area (Å²) >= 11 is 0. The summed E-state index contributed by atoms with van der Waals surface area (Å²) in [6.07, 6.45) is 1.33. The highest BCUT2D eigenvalue weighted by Gasteiger charge is 2.32. The zero-order valence-corrected chi connectivity index (χ0v) is 26.9. The molecule has 4 atom stereocenters. The van der Waals surface area contributed by atoms with E-state index in [-0.39, 0.29) is 35.7 Å². The van der Waals surface area contributed by atoms with Crippen LogP contribution < -0.4 is 31.3 Å². The number of fused-ring (bicyclic) bond motifs is 1. The van der Waals surface area contributed by atoms with Crippen LogP contribution in [0.1, 0.15) is 69.8 Å².